The van der Waals surface area contributed by atoms with Crippen molar-refractivity contribution in [1.29, 1.82) is 0 Å². The molecule has 2 bridgehead atoms. The van der Waals surface area contributed by atoms with E-state index >= 15 is 4.39 Å². The maximum absolute atomic E-state index is 15.0. The number of piperidine rings is 1. The van der Waals surface area contributed by atoms with Crippen LogP contribution < -0.4 is 15.4 Å². The highest BCUT2D eigenvalue weighted by atomic mass is 32.2. The molecule has 15 heteroatoms. The predicted molar refractivity (Wildman–Crippen MR) is 149 cm³/mol. The van der Waals surface area contributed by atoms with Gasteiger partial charge >= 0.3 is 21.5 Å². The average Bonchev–Trinajstić information content (AvgIpc) is 3.58. The number of sulfonamides is 1. The quantitative estimate of drug-likeness (QED) is 0.296. The predicted octanol–water partition coefficient (Wildman–Crippen LogP) is 3.55. The minimum atomic E-state index is -5.54. The summed E-state index contributed by atoms with van der Waals surface area (Å²) in [5, 5.41) is 14.7. The number of hydrogen-bond donors (Lipinski definition) is 3. The van der Waals surface area contributed by atoms with Crippen molar-refractivity contribution in [2.75, 3.05) is 20.2 Å². The number of allylic oxidation sites excluding steroid dienone is 1. The van der Waals surface area contributed by atoms with Crippen molar-refractivity contribution < 1.29 is 50.2 Å². The zero-order valence-corrected chi connectivity index (χ0v) is 24.1. The number of carboxylic acids is 1. The number of methoxy groups -OCH3 is 1. The van der Waals surface area contributed by atoms with Crippen molar-refractivity contribution in [1.82, 2.24) is 14.9 Å². The van der Waals surface area contributed by atoms with Crippen LogP contribution in [0.5, 0.6) is 5.75 Å². The van der Waals surface area contributed by atoms with Gasteiger partial charge in [-0.1, -0.05) is 24.3 Å². The molecule has 0 aromatic heterocycles. The van der Waals surface area contributed by atoms with E-state index in [0.29, 0.717) is 16.3 Å². The largest absolute Gasteiger partial charge is 0.511 e. The van der Waals surface area contributed by atoms with E-state index < -0.39 is 63.7 Å². The number of nitrogens with one attached hydrogen (secondary N) is 2. The lowest BCUT2D eigenvalue weighted by Gasteiger charge is -2.34. The van der Waals surface area contributed by atoms with E-state index in [1.807, 2.05) is 12.2 Å². The van der Waals surface area contributed by atoms with Crippen LogP contribution in [0.4, 0.5) is 17.6 Å². The Morgan fingerprint density at radius 3 is 2.36 bits per heavy atom. The number of rotatable bonds is 8. The Balaban J connectivity index is 1.34. The number of hydrogen-bond acceptors (Lipinski definition) is 6. The molecule has 236 valence electrons. The maximum atomic E-state index is 15.0. The highest BCUT2D eigenvalue weighted by Crippen LogP contribution is 2.44. The Hall–Kier alpha value is -3.98. The lowest BCUT2D eigenvalue weighted by molar-refractivity contribution is -0.127. The van der Waals surface area contributed by atoms with E-state index in [1.54, 1.807) is 0 Å². The van der Waals surface area contributed by atoms with Crippen LogP contribution in [0.3, 0.4) is 0 Å². The first-order valence-electron chi connectivity index (χ1n) is 13.8. The fourth-order valence-electron chi connectivity index (χ4n) is 6.24. The first kappa shape index (κ1) is 31.4. The number of halogens is 4. The van der Waals surface area contributed by atoms with Gasteiger partial charge in [0.05, 0.1) is 24.2 Å². The van der Waals surface area contributed by atoms with Crippen LogP contribution in [-0.4, -0.2) is 73.4 Å². The van der Waals surface area contributed by atoms with Gasteiger partial charge in [-0.25, -0.2) is 17.6 Å². The monoisotopic (exact) mass is 639 g/mol. The third-order valence-electron chi connectivity index (χ3n) is 8.40. The number of nitrogens with zero attached hydrogens (tertiary/aromatic N) is 1. The Bertz CT molecular complexity index is 1610. The van der Waals surface area contributed by atoms with E-state index in [1.165, 1.54) is 37.4 Å². The summed E-state index contributed by atoms with van der Waals surface area (Å²) in [5.74, 6) is -4.38. The summed E-state index contributed by atoms with van der Waals surface area (Å²) in [5.41, 5.74) is -5.15. The molecule has 10 nitrogen and oxygen atoms in total. The molecular formula is C29H29F4N3O7S. The van der Waals surface area contributed by atoms with Gasteiger partial charge in [0.2, 0.25) is 5.91 Å². The van der Waals surface area contributed by atoms with Crippen molar-refractivity contribution in [2.24, 2.45) is 17.8 Å². The molecule has 2 aliphatic carbocycles. The number of amides is 2. The van der Waals surface area contributed by atoms with Crippen LogP contribution in [0.25, 0.3) is 11.1 Å². The second-order valence-corrected chi connectivity index (χ2v) is 13.0. The Morgan fingerprint density at radius 1 is 1.05 bits per heavy atom. The van der Waals surface area contributed by atoms with Crippen LogP contribution in [0, 0.1) is 23.6 Å². The molecule has 3 aliphatic rings. The van der Waals surface area contributed by atoms with Crippen molar-refractivity contribution in [3.63, 3.8) is 0 Å². The summed E-state index contributed by atoms with van der Waals surface area (Å²) < 4.78 is 83.7. The van der Waals surface area contributed by atoms with E-state index in [2.05, 4.69) is 10.6 Å². The van der Waals surface area contributed by atoms with Crippen LogP contribution in [0.1, 0.15) is 40.0 Å². The summed E-state index contributed by atoms with van der Waals surface area (Å²) >= 11 is 0. The number of alkyl halides is 3. The highest BCUT2D eigenvalue weighted by Gasteiger charge is 2.52. The maximum Gasteiger partial charge on any atom is 0.511 e. The molecule has 2 aromatic rings. The van der Waals surface area contributed by atoms with Gasteiger partial charge in [-0.2, -0.15) is 17.5 Å². The molecule has 2 fully saturated rings. The van der Waals surface area contributed by atoms with Crippen LogP contribution >= 0.6 is 0 Å². The molecule has 1 heterocycles. The van der Waals surface area contributed by atoms with Gasteiger partial charge in [0, 0.05) is 36.8 Å². The zero-order valence-electron chi connectivity index (χ0n) is 23.3. The van der Waals surface area contributed by atoms with Crippen molar-refractivity contribution in [2.45, 2.75) is 36.9 Å². The number of carboxylic acid groups (broad SMARTS) is 1. The number of carbonyl (C=O) groups excluding carboxylic acids is 2. The molecule has 1 aliphatic heterocycles. The van der Waals surface area contributed by atoms with Gasteiger partial charge in [0.1, 0.15) is 11.6 Å². The van der Waals surface area contributed by atoms with Crippen molar-refractivity contribution >= 4 is 27.8 Å². The Labute approximate surface area is 250 Å². The van der Waals surface area contributed by atoms with Gasteiger partial charge in [-0.3, -0.25) is 9.59 Å². The average molecular weight is 640 g/mol. The normalized spacial score (nSPS) is 25.1. The van der Waals surface area contributed by atoms with E-state index in [9.17, 15) is 36.0 Å². The molecule has 2 aromatic carbocycles. The topological polar surface area (TPSA) is 142 Å². The van der Waals surface area contributed by atoms with Crippen LogP contribution in [-0.2, 0) is 14.8 Å². The lowest BCUT2D eigenvalue weighted by Crippen LogP contribution is -2.55. The third-order valence-corrected chi connectivity index (χ3v) is 10.00. The fraction of sp³-hybridized carbons (Fsp3) is 0.414. The molecule has 3 N–H and O–H groups in total. The number of aromatic carboxylic acids is 1. The lowest BCUT2D eigenvalue weighted by atomic mass is 9.87. The molecule has 0 spiro atoms. The summed E-state index contributed by atoms with van der Waals surface area (Å²) in [7, 11) is -4.28. The molecule has 2 amide bonds. The zero-order chi connectivity index (χ0) is 32.0. The van der Waals surface area contributed by atoms with Gasteiger partial charge in [-0.15, -0.1) is 0 Å². The molecule has 5 rings (SSSR count). The highest BCUT2D eigenvalue weighted by molar-refractivity contribution is 7.90. The summed E-state index contributed by atoms with van der Waals surface area (Å²) in [4.78, 5) is 38.2. The Morgan fingerprint density at radius 2 is 1.73 bits per heavy atom. The Kier molecular flexibility index (Phi) is 8.46. The number of carbonyl (C=O) groups is 3. The minimum absolute atomic E-state index is 0.00259. The molecule has 1 saturated carbocycles. The second-order valence-electron chi connectivity index (χ2n) is 11.0. The molecule has 1 saturated heterocycles. The second kappa shape index (κ2) is 11.8. The molecule has 0 radical (unpaired) electrons. The number of fused-ring (bicyclic) bond motifs is 2. The third kappa shape index (κ3) is 5.89. The minimum Gasteiger partial charge on any atom is -0.496 e. The summed E-state index contributed by atoms with van der Waals surface area (Å²) in [6.45, 7) is -0.834. The van der Waals surface area contributed by atoms with Gasteiger partial charge in [-0.05, 0) is 54.9 Å². The SMILES string of the molecule is COc1cc(F)c(-c2ccc(C(=O)O)cc2)cc1C(=O)N[C@H]1[C@@H](C(=O)N[C@@H]2CCCN(S(=O)(=O)C(F)(F)F)C2)[C@@H]2C=C[C@H]1C2. The number of ether oxygens (including phenoxy) is 1. The van der Waals surface area contributed by atoms with Gasteiger partial charge < -0.3 is 20.5 Å². The first-order chi connectivity index (χ1) is 20.7. The van der Waals surface area contributed by atoms with E-state index in [-0.39, 0.29) is 53.7 Å². The van der Waals surface area contributed by atoms with E-state index in [4.69, 9.17) is 9.84 Å². The molecule has 0 unspecified atom stereocenters. The smallest absolute Gasteiger partial charge is 0.496 e. The van der Waals surface area contributed by atoms with E-state index in [0.717, 1.165) is 6.07 Å². The van der Waals surface area contributed by atoms with Crippen molar-refractivity contribution in [3.8, 4) is 16.9 Å². The fourth-order valence-corrected chi connectivity index (χ4v) is 7.28. The molecular weight excluding hydrogens is 610 g/mol. The standard InChI is InChI=1S/C29H29F4N3O7S/c1-43-23-13-22(30)20(15-4-6-16(7-5-15)28(39)40)12-21(23)26(37)35-25-18-9-8-17(11-18)24(25)27(38)34-19-3-2-10-36(14-19)44(41,42)29(31,32)33/h4-9,12-13,17-19,24-25H,2-3,10-11,14H2,1H3,(H,34,38)(H,35,37)(H,39,40)/t17-,18+,19-,24+,25-/m1/s1. The van der Waals surface area contributed by atoms with Gasteiger partial charge in [0.15, 0.2) is 0 Å². The molecule has 5 atom stereocenters. The van der Waals surface area contributed by atoms with Crippen LogP contribution in [0.15, 0.2) is 48.6 Å². The van der Waals surface area contributed by atoms with Crippen molar-refractivity contribution in [3.05, 3.63) is 65.5 Å². The van der Waals surface area contributed by atoms with Gasteiger partial charge in [0.25, 0.3) is 5.91 Å². The van der Waals surface area contributed by atoms with Crippen LogP contribution in [0.2, 0.25) is 0 Å². The first-order valence-corrected chi connectivity index (χ1v) is 15.2. The summed E-state index contributed by atoms with van der Waals surface area (Å²) in [6.07, 6.45) is 4.67. The molecule has 44 heavy (non-hydrogen) atoms. The number of benzene rings is 2. The summed E-state index contributed by atoms with van der Waals surface area (Å²) in [6, 6.07) is 6.17.